The summed E-state index contributed by atoms with van der Waals surface area (Å²) in [6.07, 6.45) is 1.89. The number of hydrogen-bond donors (Lipinski definition) is 1. The molecule has 4 nitrogen and oxygen atoms in total. The molecule has 0 saturated carbocycles. The van der Waals surface area contributed by atoms with E-state index in [1.165, 1.54) is 0 Å². The molecule has 2 unspecified atom stereocenters. The van der Waals surface area contributed by atoms with E-state index in [1.54, 1.807) is 4.90 Å². The van der Waals surface area contributed by atoms with Crippen LogP contribution in [0.15, 0.2) is 0 Å². The van der Waals surface area contributed by atoms with E-state index in [1.807, 2.05) is 20.8 Å². The van der Waals surface area contributed by atoms with E-state index in [0.717, 1.165) is 19.4 Å². The second kappa shape index (κ2) is 6.05. The number of aliphatic hydroxyl groups excluding tert-OH is 1. The number of ether oxygens (including phenoxy) is 1. The van der Waals surface area contributed by atoms with Crippen molar-refractivity contribution in [3.63, 3.8) is 0 Å². The average Bonchev–Trinajstić information content (AvgIpc) is 2.63. The minimum Gasteiger partial charge on any atom is -0.444 e. The zero-order valence-electron chi connectivity index (χ0n) is 10.8. The highest BCUT2D eigenvalue weighted by Crippen LogP contribution is 2.24. The van der Waals surface area contributed by atoms with Crippen LogP contribution < -0.4 is 0 Å². The summed E-state index contributed by atoms with van der Waals surface area (Å²) in [5.74, 6) is 0. The molecule has 100 valence electrons. The second-order valence-corrected chi connectivity index (χ2v) is 6.16. The van der Waals surface area contributed by atoms with Gasteiger partial charge in [-0.15, -0.1) is 0 Å². The lowest BCUT2D eigenvalue weighted by Crippen LogP contribution is -2.41. The van der Waals surface area contributed by atoms with Gasteiger partial charge in [-0.25, -0.2) is 4.79 Å². The molecular weight excluding hydrogens is 286 g/mol. The smallest absolute Gasteiger partial charge is 0.410 e. The van der Waals surface area contributed by atoms with Gasteiger partial charge in [0.1, 0.15) is 5.60 Å². The predicted octanol–water partition coefficient (Wildman–Crippen LogP) is 2.53. The van der Waals surface area contributed by atoms with Crippen LogP contribution in [-0.4, -0.2) is 45.7 Å². The van der Waals surface area contributed by atoms with Gasteiger partial charge in [0, 0.05) is 17.9 Å². The van der Waals surface area contributed by atoms with Crippen LogP contribution in [-0.2, 0) is 4.74 Å². The van der Waals surface area contributed by atoms with E-state index in [4.69, 9.17) is 4.74 Å². The Hall–Kier alpha value is -0.290. The van der Waals surface area contributed by atoms with Gasteiger partial charge in [-0.2, -0.15) is 0 Å². The Kier molecular flexibility index (Phi) is 5.25. The number of amides is 1. The minimum atomic E-state index is -0.460. The van der Waals surface area contributed by atoms with Gasteiger partial charge in [0.25, 0.3) is 0 Å². The number of carbonyl (C=O) groups is 1. The van der Waals surface area contributed by atoms with E-state index in [0.29, 0.717) is 11.8 Å². The van der Waals surface area contributed by atoms with E-state index >= 15 is 0 Å². The van der Waals surface area contributed by atoms with Crippen LogP contribution in [0.1, 0.15) is 40.0 Å². The van der Waals surface area contributed by atoms with Crippen molar-refractivity contribution in [1.29, 1.82) is 0 Å². The highest BCUT2D eigenvalue weighted by molar-refractivity contribution is 9.09. The maximum absolute atomic E-state index is 12.0. The van der Waals surface area contributed by atoms with Crippen molar-refractivity contribution in [2.75, 3.05) is 11.9 Å². The number of halogens is 1. The number of carbonyl (C=O) groups excluding carboxylic acids is 1. The molecule has 1 aliphatic heterocycles. The molecule has 0 bridgehead atoms. The van der Waals surface area contributed by atoms with E-state index in [2.05, 4.69) is 15.9 Å². The Balaban J connectivity index is 2.54. The topological polar surface area (TPSA) is 49.8 Å². The molecule has 1 saturated heterocycles. The summed E-state index contributed by atoms with van der Waals surface area (Å²) in [6, 6.07) is 0.109. The lowest BCUT2D eigenvalue weighted by Gasteiger charge is -2.29. The van der Waals surface area contributed by atoms with Crippen molar-refractivity contribution in [3.05, 3.63) is 0 Å². The van der Waals surface area contributed by atoms with Crippen LogP contribution in [0.2, 0.25) is 0 Å². The molecule has 17 heavy (non-hydrogen) atoms. The summed E-state index contributed by atoms with van der Waals surface area (Å²) in [6.45, 7) is 6.32. The van der Waals surface area contributed by atoms with Crippen molar-refractivity contribution >= 4 is 22.0 Å². The number of hydrogen-bond acceptors (Lipinski definition) is 3. The van der Waals surface area contributed by atoms with Gasteiger partial charge in [0.05, 0.1) is 6.10 Å². The van der Waals surface area contributed by atoms with E-state index < -0.39 is 11.7 Å². The van der Waals surface area contributed by atoms with Gasteiger partial charge in [0.15, 0.2) is 0 Å². The maximum atomic E-state index is 12.0. The van der Waals surface area contributed by atoms with Crippen molar-refractivity contribution in [1.82, 2.24) is 4.90 Å². The molecule has 0 spiro atoms. The standard InChI is InChI=1S/C12H22BrNO3/c1-12(2,3)17-11(16)14-6-4-5-9(14)7-10(15)8-13/h9-10,15H,4-8H2,1-3H3. The molecule has 2 atom stereocenters. The molecule has 1 N–H and O–H groups in total. The molecule has 1 heterocycles. The average molecular weight is 308 g/mol. The first kappa shape index (κ1) is 14.8. The van der Waals surface area contributed by atoms with Crippen molar-refractivity contribution < 1.29 is 14.6 Å². The van der Waals surface area contributed by atoms with E-state index in [9.17, 15) is 9.90 Å². The predicted molar refractivity (Wildman–Crippen MR) is 70.4 cm³/mol. The van der Waals surface area contributed by atoms with Crippen molar-refractivity contribution in [3.8, 4) is 0 Å². The fraction of sp³-hybridized carbons (Fsp3) is 0.917. The lowest BCUT2D eigenvalue weighted by molar-refractivity contribution is 0.0189. The molecule has 1 fully saturated rings. The summed E-state index contributed by atoms with van der Waals surface area (Å²) in [5.41, 5.74) is -0.460. The van der Waals surface area contributed by atoms with Gasteiger partial charge >= 0.3 is 6.09 Å². The van der Waals surface area contributed by atoms with Crippen LogP contribution in [0.5, 0.6) is 0 Å². The molecule has 0 radical (unpaired) electrons. The molecule has 0 aromatic heterocycles. The molecule has 1 rings (SSSR count). The third-order valence-electron chi connectivity index (χ3n) is 2.73. The molecular formula is C12H22BrNO3. The first-order valence-corrected chi connectivity index (χ1v) is 7.19. The lowest BCUT2D eigenvalue weighted by atomic mass is 10.1. The first-order valence-electron chi connectivity index (χ1n) is 6.07. The van der Waals surface area contributed by atoms with Gasteiger partial charge in [-0.3, -0.25) is 0 Å². The van der Waals surface area contributed by atoms with Crippen LogP contribution in [0.3, 0.4) is 0 Å². The number of alkyl halides is 1. The third kappa shape index (κ3) is 4.84. The summed E-state index contributed by atoms with van der Waals surface area (Å²) < 4.78 is 5.36. The maximum Gasteiger partial charge on any atom is 0.410 e. The number of rotatable bonds is 3. The monoisotopic (exact) mass is 307 g/mol. The summed E-state index contributed by atoms with van der Waals surface area (Å²) in [5, 5.41) is 10.2. The quantitative estimate of drug-likeness (QED) is 0.815. The fourth-order valence-corrected chi connectivity index (χ4v) is 2.28. The molecule has 5 heteroatoms. The fourth-order valence-electron chi connectivity index (χ4n) is 2.02. The molecule has 0 aromatic carbocycles. The molecule has 1 amide bonds. The van der Waals surface area contributed by atoms with Crippen LogP contribution in [0.4, 0.5) is 4.79 Å². The molecule has 0 aliphatic carbocycles. The Morgan fingerprint density at radius 1 is 1.59 bits per heavy atom. The van der Waals surface area contributed by atoms with Gasteiger partial charge in [-0.05, 0) is 40.0 Å². The van der Waals surface area contributed by atoms with E-state index in [-0.39, 0.29) is 12.1 Å². The Morgan fingerprint density at radius 3 is 2.76 bits per heavy atom. The van der Waals surface area contributed by atoms with Gasteiger partial charge in [0.2, 0.25) is 0 Å². The number of aliphatic hydroxyl groups is 1. The van der Waals surface area contributed by atoms with Crippen molar-refractivity contribution in [2.45, 2.75) is 57.8 Å². The summed E-state index contributed by atoms with van der Waals surface area (Å²) in [4.78, 5) is 13.7. The van der Waals surface area contributed by atoms with Crippen LogP contribution in [0, 0.1) is 0 Å². The minimum absolute atomic E-state index is 0.109. The van der Waals surface area contributed by atoms with Crippen LogP contribution >= 0.6 is 15.9 Å². The first-order chi connectivity index (χ1) is 7.83. The number of likely N-dealkylation sites (tertiary alicyclic amines) is 1. The zero-order valence-corrected chi connectivity index (χ0v) is 12.4. The SMILES string of the molecule is CC(C)(C)OC(=O)N1CCCC1CC(O)CBr. The van der Waals surface area contributed by atoms with Crippen molar-refractivity contribution in [2.24, 2.45) is 0 Å². The largest absolute Gasteiger partial charge is 0.444 e. The zero-order chi connectivity index (χ0) is 13.1. The third-order valence-corrected chi connectivity index (χ3v) is 3.47. The molecule has 1 aliphatic rings. The normalized spacial score (nSPS) is 22.6. The number of nitrogens with zero attached hydrogens (tertiary/aromatic N) is 1. The Labute approximate surface area is 111 Å². The Bertz CT molecular complexity index is 265. The Morgan fingerprint density at radius 2 is 2.24 bits per heavy atom. The summed E-state index contributed by atoms with van der Waals surface area (Å²) in [7, 11) is 0. The highest BCUT2D eigenvalue weighted by Gasteiger charge is 2.32. The van der Waals surface area contributed by atoms with Gasteiger partial charge in [-0.1, -0.05) is 15.9 Å². The molecule has 0 aromatic rings. The van der Waals surface area contributed by atoms with Crippen LogP contribution in [0.25, 0.3) is 0 Å². The second-order valence-electron chi connectivity index (χ2n) is 5.51. The highest BCUT2D eigenvalue weighted by atomic mass is 79.9. The summed E-state index contributed by atoms with van der Waals surface area (Å²) >= 11 is 3.24. The van der Waals surface area contributed by atoms with Gasteiger partial charge < -0.3 is 14.7 Å².